The molecular weight excluding hydrogens is 238 g/mol. The fourth-order valence-electron chi connectivity index (χ4n) is 1.44. The van der Waals surface area contributed by atoms with E-state index in [0.717, 1.165) is 0 Å². The maximum Gasteiger partial charge on any atom is 0.375 e. The highest BCUT2D eigenvalue weighted by atomic mass is 16.5. The number of nitrogens with zero attached hydrogens (tertiary/aromatic N) is 3. The predicted octanol–water partition coefficient (Wildman–Crippen LogP) is 1.80. The van der Waals surface area contributed by atoms with Gasteiger partial charge in [0.2, 0.25) is 5.78 Å². The Bertz CT molecular complexity index is 361. The molecule has 0 radical (unpaired) electrons. The molecule has 0 saturated carbocycles. The van der Waals surface area contributed by atoms with Crippen molar-refractivity contribution in [3.05, 3.63) is 10.4 Å². The lowest BCUT2D eigenvalue weighted by Crippen LogP contribution is -2.30. The van der Waals surface area contributed by atoms with Gasteiger partial charge in [0.25, 0.3) is 0 Å². The molecule has 0 unspecified atom stereocenters. The highest BCUT2D eigenvalue weighted by Gasteiger charge is 2.29. The molecule has 0 aromatic rings. The molecule has 0 bridgehead atoms. The number of ketones is 2. The van der Waals surface area contributed by atoms with E-state index in [1.54, 1.807) is 6.92 Å². The SMILES string of the molecule is CCOC(=O)C(=O)[C@H](CCCCN=[N+]=[N-])C(C)=O. The van der Waals surface area contributed by atoms with Gasteiger partial charge in [-0.1, -0.05) is 11.5 Å². The highest BCUT2D eigenvalue weighted by Crippen LogP contribution is 2.12. The van der Waals surface area contributed by atoms with Crippen LogP contribution in [0.1, 0.15) is 33.1 Å². The van der Waals surface area contributed by atoms with E-state index in [1.807, 2.05) is 0 Å². The number of carbonyl (C=O) groups is 3. The molecule has 100 valence electrons. The van der Waals surface area contributed by atoms with Crippen molar-refractivity contribution in [2.45, 2.75) is 33.1 Å². The van der Waals surface area contributed by atoms with E-state index in [0.29, 0.717) is 19.4 Å². The molecule has 0 aliphatic heterocycles. The normalized spacial score (nSPS) is 11.2. The number of rotatable bonds is 9. The van der Waals surface area contributed by atoms with Crippen molar-refractivity contribution in [3.8, 4) is 0 Å². The molecule has 0 fully saturated rings. The molecule has 0 saturated heterocycles. The van der Waals surface area contributed by atoms with Gasteiger partial charge in [0.05, 0.1) is 12.5 Å². The van der Waals surface area contributed by atoms with E-state index in [2.05, 4.69) is 14.8 Å². The second-order valence-electron chi connectivity index (χ2n) is 3.70. The predicted molar refractivity (Wildman–Crippen MR) is 63.7 cm³/mol. The molecule has 0 amide bonds. The summed E-state index contributed by atoms with van der Waals surface area (Å²) in [6, 6.07) is 0. The van der Waals surface area contributed by atoms with Gasteiger partial charge in [-0.3, -0.25) is 9.59 Å². The van der Waals surface area contributed by atoms with E-state index in [9.17, 15) is 14.4 Å². The molecule has 0 spiro atoms. The van der Waals surface area contributed by atoms with Crippen molar-refractivity contribution >= 4 is 17.5 Å². The molecule has 0 aromatic carbocycles. The molecule has 0 aromatic heterocycles. The van der Waals surface area contributed by atoms with Gasteiger partial charge in [-0.25, -0.2) is 4.79 Å². The third-order valence-electron chi connectivity index (χ3n) is 2.35. The number of unbranched alkanes of at least 4 members (excludes halogenated alkanes) is 1. The van der Waals surface area contributed by atoms with Crippen molar-refractivity contribution in [2.75, 3.05) is 13.2 Å². The van der Waals surface area contributed by atoms with E-state index >= 15 is 0 Å². The summed E-state index contributed by atoms with van der Waals surface area (Å²) in [4.78, 5) is 36.7. The van der Waals surface area contributed by atoms with Crippen LogP contribution in [0.5, 0.6) is 0 Å². The Labute approximate surface area is 105 Å². The van der Waals surface area contributed by atoms with Crippen LogP contribution in [0.15, 0.2) is 5.11 Å². The summed E-state index contributed by atoms with van der Waals surface area (Å²) in [5.41, 5.74) is 8.07. The zero-order valence-corrected chi connectivity index (χ0v) is 10.6. The Morgan fingerprint density at radius 1 is 1.33 bits per heavy atom. The Kier molecular flexibility index (Phi) is 8.22. The van der Waals surface area contributed by atoms with Gasteiger partial charge < -0.3 is 4.74 Å². The summed E-state index contributed by atoms with van der Waals surface area (Å²) in [7, 11) is 0. The van der Waals surface area contributed by atoms with Crippen molar-refractivity contribution in [1.82, 2.24) is 0 Å². The molecule has 18 heavy (non-hydrogen) atoms. The van der Waals surface area contributed by atoms with Crippen molar-refractivity contribution in [2.24, 2.45) is 11.0 Å². The first-order chi connectivity index (χ1) is 8.54. The van der Waals surface area contributed by atoms with Crippen LogP contribution in [0.4, 0.5) is 0 Å². The Morgan fingerprint density at radius 3 is 2.50 bits per heavy atom. The molecule has 0 heterocycles. The van der Waals surface area contributed by atoms with Gasteiger partial charge in [-0.15, -0.1) is 0 Å². The van der Waals surface area contributed by atoms with Gasteiger partial charge in [0, 0.05) is 11.5 Å². The number of hydrogen-bond acceptors (Lipinski definition) is 5. The Hall–Kier alpha value is -1.88. The molecule has 0 aliphatic rings. The molecule has 0 rings (SSSR count). The topological polar surface area (TPSA) is 109 Å². The third kappa shape index (κ3) is 6.00. The summed E-state index contributed by atoms with van der Waals surface area (Å²) >= 11 is 0. The maximum atomic E-state index is 11.6. The molecule has 0 N–H and O–H groups in total. The molecule has 1 atom stereocenters. The van der Waals surface area contributed by atoms with Crippen LogP contribution in [0.2, 0.25) is 0 Å². The number of azide groups is 1. The summed E-state index contributed by atoms with van der Waals surface area (Å²) in [5.74, 6) is -3.06. The summed E-state index contributed by atoms with van der Waals surface area (Å²) < 4.78 is 4.57. The average molecular weight is 255 g/mol. The average Bonchev–Trinajstić information content (AvgIpc) is 2.32. The zero-order valence-electron chi connectivity index (χ0n) is 10.6. The molecule has 7 heteroatoms. The third-order valence-corrected chi connectivity index (χ3v) is 2.35. The molecule has 7 nitrogen and oxygen atoms in total. The number of ether oxygens (including phenoxy) is 1. The first-order valence-electron chi connectivity index (χ1n) is 5.76. The lowest BCUT2D eigenvalue weighted by atomic mass is 9.93. The zero-order chi connectivity index (χ0) is 14.0. The Balaban J connectivity index is 4.30. The highest BCUT2D eigenvalue weighted by molar-refractivity contribution is 6.38. The summed E-state index contributed by atoms with van der Waals surface area (Å²) in [5, 5.41) is 3.34. The quantitative estimate of drug-likeness (QED) is 0.119. The fraction of sp³-hybridized carbons (Fsp3) is 0.727. The lowest BCUT2D eigenvalue weighted by Gasteiger charge is -2.11. The lowest BCUT2D eigenvalue weighted by molar-refractivity contribution is -0.156. The molecule has 0 aliphatic carbocycles. The minimum atomic E-state index is -0.965. The van der Waals surface area contributed by atoms with Crippen LogP contribution >= 0.6 is 0 Å². The van der Waals surface area contributed by atoms with Crippen molar-refractivity contribution in [3.63, 3.8) is 0 Å². The van der Waals surface area contributed by atoms with E-state index in [-0.39, 0.29) is 18.8 Å². The monoisotopic (exact) mass is 255 g/mol. The number of carbonyl (C=O) groups excluding carboxylic acids is 3. The van der Waals surface area contributed by atoms with Crippen LogP contribution in [-0.2, 0) is 19.1 Å². The maximum absolute atomic E-state index is 11.6. The van der Waals surface area contributed by atoms with E-state index in [4.69, 9.17) is 5.53 Å². The van der Waals surface area contributed by atoms with Gasteiger partial charge in [-0.2, -0.15) is 0 Å². The van der Waals surface area contributed by atoms with Gasteiger partial charge >= 0.3 is 5.97 Å². The van der Waals surface area contributed by atoms with Crippen molar-refractivity contribution in [1.29, 1.82) is 0 Å². The summed E-state index contributed by atoms with van der Waals surface area (Å²) in [6.45, 7) is 3.28. The van der Waals surface area contributed by atoms with Crippen LogP contribution in [-0.4, -0.2) is 30.7 Å². The fourth-order valence-corrected chi connectivity index (χ4v) is 1.44. The Morgan fingerprint density at radius 2 is 2.00 bits per heavy atom. The smallest absolute Gasteiger partial charge is 0.375 e. The standard InChI is InChI=1S/C11H17N3O4/c1-3-18-11(17)10(16)9(8(2)15)6-4-5-7-13-14-12/h9H,3-7H2,1-2H3/t9-/m1/s1. The number of hydrogen-bond donors (Lipinski definition) is 0. The van der Waals surface area contributed by atoms with Gasteiger partial charge in [0.15, 0.2) is 0 Å². The van der Waals surface area contributed by atoms with Crippen LogP contribution in [0.3, 0.4) is 0 Å². The van der Waals surface area contributed by atoms with Gasteiger partial charge in [-0.05, 0) is 32.2 Å². The van der Waals surface area contributed by atoms with Crippen LogP contribution in [0.25, 0.3) is 10.4 Å². The number of esters is 1. The van der Waals surface area contributed by atoms with E-state index in [1.165, 1.54) is 6.92 Å². The van der Waals surface area contributed by atoms with Crippen LogP contribution < -0.4 is 0 Å². The van der Waals surface area contributed by atoms with E-state index < -0.39 is 17.7 Å². The van der Waals surface area contributed by atoms with Crippen molar-refractivity contribution < 1.29 is 19.1 Å². The summed E-state index contributed by atoms with van der Waals surface area (Å²) in [6.07, 6.45) is 1.38. The molecular formula is C11H17N3O4. The first-order valence-corrected chi connectivity index (χ1v) is 5.76. The van der Waals surface area contributed by atoms with Gasteiger partial charge in [0.1, 0.15) is 5.78 Å². The minimum absolute atomic E-state index is 0.103. The number of Topliss-reactive ketones (excluding diaryl/α,β-unsaturated/α-hetero) is 2. The first kappa shape index (κ1) is 16.1. The van der Waals surface area contributed by atoms with Crippen LogP contribution in [0, 0.1) is 5.92 Å². The minimum Gasteiger partial charge on any atom is -0.460 e. The second-order valence-corrected chi connectivity index (χ2v) is 3.70. The largest absolute Gasteiger partial charge is 0.460 e. The second kappa shape index (κ2) is 9.18.